The molecule has 5 nitrogen and oxygen atoms in total. The van der Waals surface area contributed by atoms with E-state index >= 15 is 0 Å². The summed E-state index contributed by atoms with van der Waals surface area (Å²) in [7, 11) is 0. The van der Waals surface area contributed by atoms with E-state index in [2.05, 4.69) is 6.92 Å². The predicted octanol–water partition coefficient (Wildman–Crippen LogP) is 8.14. The fourth-order valence-corrected chi connectivity index (χ4v) is 3.95. The van der Waals surface area contributed by atoms with Crippen LogP contribution in [0.1, 0.15) is 63.9 Å². The van der Waals surface area contributed by atoms with Gasteiger partial charge in [-0.3, -0.25) is 0 Å². The predicted molar refractivity (Wildman–Crippen MR) is 141 cm³/mol. The van der Waals surface area contributed by atoms with Gasteiger partial charge >= 0.3 is 0 Å². The van der Waals surface area contributed by atoms with Crippen LogP contribution in [0.15, 0.2) is 60.3 Å². The van der Waals surface area contributed by atoms with Crippen molar-refractivity contribution in [3.63, 3.8) is 0 Å². The maximum Gasteiger partial charge on any atom is 0.130 e. The Morgan fingerprint density at radius 3 is 2.17 bits per heavy atom. The standard InChI is InChI=1S/C29H31ClN4O/c1-2-3-4-5-6-7-8-9-18-35-28-16-10-24(11-17-28)29-25(19-23(20-31)21-32)22-34(33-29)27-14-12-26(30)13-15-27/h10-17,19,22H,2-9,18H2,1H3. The molecule has 1 heterocycles. The minimum atomic E-state index is 0.0206. The molecule has 0 N–H and O–H groups in total. The average Bonchev–Trinajstić information content (AvgIpc) is 3.30. The molecule has 0 aliphatic rings. The van der Waals surface area contributed by atoms with Crippen LogP contribution in [0.5, 0.6) is 5.75 Å². The quantitative estimate of drug-likeness (QED) is 0.180. The van der Waals surface area contributed by atoms with Gasteiger partial charge in [0, 0.05) is 22.3 Å². The lowest BCUT2D eigenvalue weighted by molar-refractivity contribution is 0.304. The van der Waals surface area contributed by atoms with E-state index in [1.165, 1.54) is 44.9 Å². The smallest absolute Gasteiger partial charge is 0.130 e. The van der Waals surface area contributed by atoms with Gasteiger partial charge in [0.2, 0.25) is 0 Å². The molecule has 0 saturated heterocycles. The molecule has 0 atom stereocenters. The van der Waals surface area contributed by atoms with E-state index in [-0.39, 0.29) is 5.57 Å². The molecule has 0 aliphatic carbocycles. The van der Waals surface area contributed by atoms with Crippen LogP contribution >= 0.6 is 11.6 Å². The van der Waals surface area contributed by atoms with E-state index in [9.17, 15) is 10.5 Å². The molecule has 0 unspecified atom stereocenters. The first-order valence-electron chi connectivity index (χ1n) is 12.3. The van der Waals surface area contributed by atoms with Gasteiger partial charge in [-0.05, 0) is 61.0 Å². The molecule has 0 radical (unpaired) electrons. The molecular weight excluding hydrogens is 456 g/mol. The Kier molecular flexibility index (Phi) is 10.4. The van der Waals surface area contributed by atoms with Crippen LogP contribution in [0.4, 0.5) is 0 Å². The van der Waals surface area contributed by atoms with Gasteiger partial charge in [-0.15, -0.1) is 0 Å². The number of benzene rings is 2. The summed E-state index contributed by atoms with van der Waals surface area (Å²) in [6.07, 6.45) is 13.5. The van der Waals surface area contributed by atoms with Crippen molar-refractivity contribution < 1.29 is 4.74 Å². The minimum absolute atomic E-state index is 0.0206. The van der Waals surface area contributed by atoms with Gasteiger partial charge in [0.25, 0.3) is 0 Å². The van der Waals surface area contributed by atoms with Gasteiger partial charge in [-0.2, -0.15) is 15.6 Å². The number of nitrogens with zero attached hydrogens (tertiary/aromatic N) is 4. The molecule has 0 aliphatic heterocycles. The first-order chi connectivity index (χ1) is 17.1. The highest BCUT2D eigenvalue weighted by molar-refractivity contribution is 6.30. The van der Waals surface area contributed by atoms with Crippen molar-refractivity contribution in [2.24, 2.45) is 0 Å². The van der Waals surface area contributed by atoms with Gasteiger partial charge in [-0.1, -0.05) is 63.5 Å². The zero-order chi connectivity index (χ0) is 24.9. The highest BCUT2D eigenvalue weighted by Crippen LogP contribution is 2.28. The summed E-state index contributed by atoms with van der Waals surface area (Å²) >= 11 is 6.01. The lowest BCUT2D eigenvalue weighted by Gasteiger charge is -2.07. The Balaban J connectivity index is 1.66. The Morgan fingerprint density at radius 2 is 1.54 bits per heavy atom. The Morgan fingerprint density at radius 1 is 0.914 bits per heavy atom. The number of rotatable bonds is 13. The Labute approximate surface area is 213 Å². The molecule has 35 heavy (non-hydrogen) atoms. The highest BCUT2D eigenvalue weighted by atomic mass is 35.5. The monoisotopic (exact) mass is 486 g/mol. The fraction of sp³-hybridized carbons (Fsp3) is 0.345. The van der Waals surface area contributed by atoms with E-state index < -0.39 is 0 Å². The average molecular weight is 487 g/mol. The third-order valence-corrected chi connectivity index (χ3v) is 6.02. The number of allylic oxidation sites excluding steroid dienone is 1. The number of ether oxygens (including phenoxy) is 1. The first-order valence-corrected chi connectivity index (χ1v) is 12.6. The highest BCUT2D eigenvalue weighted by Gasteiger charge is 2.12. The maximum absolute atomic E-state index is 9.23. The van der Waals surface area contributed by atoms with Gasteiger partial charge in [-0.25, -0.2) is 4.68 Å². The van der Waals surface area contributed by atoms with E-state index in [0.29, 0.717) is 22.9 Å². The fourth-order valence-electron chi connectivity index (χ4n) is 3.82. The molecule has 0 fully saturated rings. The van der Waals surface area contributed by atoms with Crippen molar-refractivity contribution in [1.29, 1.82) is 10.5 Å². The third kappa shape index (κ3) is 8.02. The van der Waals surface area contributed by atoms with E-state index in [1.807, 2.05) is 48.5 Å². The summed E-state index contributed by atoms with van der Waals surface area (Å²) in [5.74, 6) is 0.820. The maximum atomic E-state index is 9.23. The summed E-state index contributed by atoms with van der Waals surface area (Å²) in [5, 5.41) is 23.8. The number of hydrogen-bond acceptors (Lipinski definition) is 4. The summed E-state index contributed by atoms with van der Waals surface area (Å²) in [6.45, 7) is 2.95. The molecule has 0 spiro atoms. The molecule has 0 bridgehead atoms. The van der Waals surface area contributed by atoms with E-state index in [1.54, 1.807) is 29.1 Å². The largest absolute Gasteiger partial charge is 0.494 e. The number of hydrogen-bond donors (Lipinski definition) is 0. The second kappa shape index (κ2) is 14.0. The second-order valence-corrected chi connectivity index (χ2v) is 8.92. The summed E-state index contributed by atoms with van der Waals surface area (Å²) in [4.78, 5) is 0. The van der Waals surface area contributed by atoms with Gasteiger partial charge in [0.05, 0.1) is 12.3 Å². The topological polar surface area (TPSA) is 74.6 Å². The van der Waals surface area contributed by atoms with Crippen LogP contribution in [0.3, 0.4) is 0 Å². The molecule has 3 rings (SSSR count). The first kappa shape index (κ1) is 26.1. The zero-order valence-corrected chi connectivity index (χ0v) is 21.0. The SMILES string of the molecule is CCCCCCCCCCOc1ccc(-c2nn(-c3ccc(Cl)cc3)cc2C=C(C#N)C#N)cc1. The van der Waals surface area contributed by atoms with Crippen LogP contribution in [0.2, 0.25) is 5.02 Å². The number of aromatic nitrogens is 2. The molecule has 1 aromatic heterocycles. The van der Waals surface area contributed by atoms with Gasteiger partial charge < -0.3 is 4.74 Å². The molecular formula is C29H31ClN4O. The van der Waals surface area contributed by atoms with Crippen molar-refractivity contribution in [2.45, 2.75) is 58.3 Å². The third-order valence-electron chi connectivity index (χ3n) is 5.77. The number of nitriles is 2. The minimum Gasteiger partial charge on any atom is -0.494 e. The summed E-state index contributed by atoms with van der Waals surface area (Å²) in [5.41, 5.74) is 3.09. The van der Waals surface area contributed by atoms with Crippen LogP contribution < -0.4 is 4.74 Å². The lowest BCUT2D eigenvalue weighted by atomic mass is 10.1. The van der Waals surface area contributed by atoms with Gasteiger partial charge in [0.1, 0.15) is 29.2 Å². The molecule has 2 aromatic carbocycles. The lowest BCUT2D eigenvalue weighted by Crippen LogP contribution is -1.97. The van der Waals surface area contributed by atoms with Crippen LogP contribution in [-0.2, 0) is 0 Å². The second-order valence-electron chi connectivity index (χ2n) is 8.48. The van der Waals surface area contributed by atoms with Gasteiger partial charge in [0.15, 0.2) is 0 Å². The summed E-state index contributed by atoms with van der Waals surface area (Å²) in [6, 6.07) is 18.9. The number of halogens is 1. The molecule has 180 valence electrons. The molecule has 0 amide bonds. The van der Waals surface area contributed by atoms with Crippen LogP contribution in [-0.4, -0.2) is 16.4 Å². The van der Waals surface area contributed by atoms with E-state index in [0.717, 1.165) is 23.4 Å². The van der Waals surface area contributed by atoms with Crippen molar-refractivity contribution in [3.05, 3.63) is 70.9 Å². The Bertz CT molecular complexity index is 1170. The zero-order valence-electron chi connectivity index (χ0n) is 20.2. The van der Waals surface area contributed by atoms with Crippen molar-refractivity contribution in [3.8, 4) is 34.8 Å². The van der Waals surface area contributed by atoms with Crippen LogP contribution in [0.25, 0.3) is 23.0 Å². The number of unbranched alkanes of at least 4 members (excludes halogenated alkanes) is 7. The Hall–Kier alpha value is -3.54. The molecule has 0 saturated carbocycles. The van der Waals surface area contributed by atoms with Crippen molar-refractivity contribution >= 4 is 17.7 Å². The summed E-state index contributed by atoms with van der Waals surface area (Å²) < 4.78 is 7.64. The van der Waals surface area contributed by atoms with Crippen molar-refractivity contribution in [2.75, 3.05) is 6.61 Å². The normalized spacial score (nSPS) is 10.4. The van der Waals surface area contributed by atoms with Crippen molar-refractivity contribution in [1.82, 2.24) is 9.78 Å². The van der Waals surface area contributed by atoms with E-state index in [4.69, 9.17) is 21.4 Å². The van der Waals surface area contributed by atoms with Crippen LogP contribution in [0, 0.1) is 22.7 Å². The molecule has 3 aromatic rings. The molecule has 6 heteroatoms.